The van der Waals surface area contributed by atoms with E-state index in [-0.39, 0.29) is 17.1 Å². The molecule has 0 amide bonds. The summed E-state index contributed by atoms with van der Waals surface area (Å²) in [7, 11) is -5.17. The van der Waals surface area contributed by atoms with Crippen LogP contribution in [0.15, 0.2) is 0 Å². The molecule has 0 rings (SSSR count). The zero-order chi connectivity index (χ0) is 10.0. The van der Waals surface area contributed by atoms with Gasteiger partial charge in [-0.1, -0.05) is 0 Å². The number of thioether (sulfide) groups is 2. The summed E-state index contributed by atoms with van der Waals surface area (Å²) in [5, 5.41) is 20.0. The van der Waals surface area contributed by atoms with E-state index in [0.717, 1.165) is 23.5 Å². The molecule has 13 heavy (non-hydrogen) atoms. The molecular formula is C3H2CuN2O4S3. The summed E-state index contributed by atoms with van der Waals surface area (Å²) < 4.78 is 34.1. The molecule has 0 aromatic rings. The third-order valence-electron chi connectivity index (χ3n) is 0.247. The van der Waals surface area contributed by atoms with Gasteiger partial charge in [-0.3, -0.25) is 8.42 Å². The Kier molecular flexibility index (Phi) is 17.4. The monoisotopic (exact) mass is 289 g/mol. The molecule has 0 aliphatic heterocycles. The molecule has 77 valence electrons. The van der Waals surface area contributed by atoms with Gasteiger partial charge in [0.05, 0.1) is 5.08 Å². The van der Waals surface area contributed by atoms with Crippen LogP contribution in [0.25, 0.3) is 0 Å². The molecular weight excluding hydrogens is 288 g/mol. The minimum Gasteiger partial charge on any atom is -0.759 e. The maximum atomic E-state index is 8.52. The van der Waals surface area contributed by atoms with Gasteiger partial charge >= 0.3 is 17.1 Å². The van der Waals surface area contributed by atoms with Crippen LogP contribution in [0.5, 0.6) is 0 Å². The molecule has 0 unspecified atom stereocenters. The number of hydrogen-bond acceptors (Lipinski definition) is 8. The second-order valence-corrected chi connectivity index (χ2v) is 3.70. The number of nitriles is 2. The van der Waals surface area contributed by atoms with E-state index in [2.05, 4.69) is 0 Å². The van der Waals surface area contributed by atoms with Gasteiger partial charge in [-0.15, -0.1) is 0 Å². The van der Waals surface area contributed by atoms with E-state index in [1.165, 1.54) is 0 Å². The molecule has 6 nitrogen and oxygen atoms in total. The smallest absolute Gasteiger partial charge is 0.759 e. The van der Waals surface area contributed by atoms with Crippen molar-refractivity contribution in [3.05, 3.63) is 0 Å². The van der Waals surface area contributed by atoms with Gasteiger partial charge in [0.25, 0.3) is 0 Å². The first-order chi connectivity index (χ1) is 5.41. The quantitative estimate of drug-likeness (QED) is 0.174. The fourth-order valence-electron chi connectivity index (χ4n) is 0.0822. The van der Waals surface area contributed by atoms with Crippen LogP contribution >= 0.6 is 23.5 Å². The predicted molar refractivity (Wildman–Crippen MR) is 41.7 cm³/mol. The van der Waals surface area contributed by atoms with Crippen molar-refractivity contribution in [3.63, 3.8) is 0 Å². The van der Waals surface area contributed by atoms with Crippen LogP contribution in [-0.2, 0) is 27.5 Å². The molecule has 0 heterocycles. The summed E-state index contributed by atoms with van der Waals surface area (Å²) in [6.07, 6.45) is 0. The van der Waals surface area contributed by atoms with E-state index in [9.17, 15) is 0 Å². The van der Waals surface area contributed by atoms with E-state index in [1.54, 1.807) is 0 Å². The van der Waals surface area contributed by atoms with Gasteiger partial charge in [0.2, 0.25) is 0 Å². The fraction of sp³-hybridized carbons (Fsp3) is 0.333. The maximum Gasteiger partial charge on any atom is 2.00 e. The van der Waals surface area contributed by atoms with E-state index in [0.29, 0.717) is 5.08 Å². The van der Waals surface area contributed by atoms with E-state index >= 15 is 0 Å². The van der Waals surface area contributed by atoms with Gasteiger partial charge in [0.15, 0.2) is 0 Å². The molecule has 0 aliphatic carbocycles. The van der Waals surface area contributed by atoms with Gasteiger partial charge in [0, 0.05) is 10.4 Å². The van der Waals surface area contributed by atoms with Crippen LogP contribution in [0.1, 0.15) is 0 Å². The summed E-state index contributed by atoms with van der Waals surface area (Å²) in [5.41, 5.74) is 0. The largest absolute Gasteiger partial charge is 2.00 e. The van der Waals surface area contributed by atoms with Crippen molar-refractivity contribution in [1.82, 2.24) is 0 Å². The zero-order valence-electron chi connectivity index (χ0n) is 5.76. The van der Waals surface area contributed by atoms with Gasteiger partial charge in [-0.05, 0) is 23.5 Å². The minimum absolute atomic E-state index is 0. The molecule has 0 N–H and O–H groups in total. The van der Waals surface area contributed by atoms with E-state index in [1.807, 2.05) is 10.8 Å². The SMILES string of the molecule is N#CSCSC#N.O=S(=O)([O-])[O-].[Cu+2]. The summed E-state index contributed by atoms with van der Waals surface area (Å²) in [6.45, 7) is 0. The molecule has 0 saturated carbocycles. The van der Waals surface area contributed by atoms with Crippen LogP contribution < -0.4 is 0 Å². The first-order valence-electron chi connectivity index (χ1n) is 2.10. The number of thiocyanates is 2. The summed E-state index contributed by atoms with van der Waals surface area (Å²) in [4.78, 5) is 0. The Labute approximate surface area is 94.7 Å². The van der Waals surface area contributed by atoms with Gasteiger partial charge in [-0.25, -0.2) is 0 Å². The molecule has 10 heteroatoms. The Hall–Kier alpha value is 0.0695. The minimum atomic E-state index is -5.17. The van der Waals surface area contributed by atoms with Crippen molar-refractivity contribution < 1.29 is 34.6 Å². The normalized spacial score (nSPS) is 8.00. The average molecular weight is 290 g/mol. The Morgan fingerprint density at radius 2 is 1.38 bits per heavy atom. The van der Waals surface area contributed by atoms with Crippen LogP contribution in [0.3, 0.4) is 0 Å². The Bertz CT molecular complexity index is 256. The second kappa shape index (κ2) is 12.1. The molecule has 0 aromatic heterocycles. The molecule has 1 radical (unpaired) electrons. The molecule has 0 aliphatic rings. The molecule has 0 bridgehead atoms. The first-order valence-corrected chi connectivity index (χ1v) is 5.40. The number of rotatable bonds is 2. The average Bonchev–Trinajstić information content (AvgIpc) is 1.85. The molecule has 0 saturated heterocycles. The Morgan fingerprint density at radius 3 is 1.54 bits per heavy atom. The first kappa shape index (κ1) is 18.8. The van der Waals surface area contributed by atoms with Crippen LogP contribution in [0.4, 0.5) is 0 Å². The van der Waals surface area contributed by atoms with Crippen molar-refractivity contribution in [1.29, 1.82) is 10.5 Å². The van der Waals surface area contributed by atoms with Crippen LogP contribution in [0.2, 0.25) is 0 Å². The number of nitrogens with zero attached hydrogens (tertiary/aromatic N) is 2. The predicted octanol–water partition coefficient (Wildman–Crippen LogP) is 0.0320. The van der Waals surface area contributed by atoms with Crippen LogP contribution in [0, 0.1) is 21.3 Å². The van der Waals surface area contributed by atoms with E-state index < -0.39 is 10.4 Å². The summed E-state index contributed by atoms with van der Waals surface area (Å²) in [6, 6.07) is 0. The molecule has 0 atom stereocenters. The van der Waals surface area contributed by atoms with Gasteiger partial charge < -0.3 is 9.11 Å². The second-order valence-electron chi connectivity index (χ2n) is 0.997. The Balaban J connectivity index is -0.000000150. The third-order valence-corrected chi connectivity index (χ3v) is 1.45. The van der Waals surface area contributed by atoms with E-state index in [4.69, 9.17) is 28.0 Å². The Morgan fingerprint density at radius 1 is 1.15 bits per heavy atom. The zero-order valence-corrected chi connectivity index (χ0v) is 9.15. The molecule has 0 aromatic carbocycles. The summed E-state index contributed by atoms with van der Waals surface area (Å²) in [5.74, 6) is 0. The molecule has 0 spiro atoms. The number of hydrogen-bond donors (Lipinski definition) is 0. The topological polar surface area (TPSA) is 128 Å². The van der Waals surface area contributed by atoms with Gasteiger partial charge in [0.1, 0.15) is 10.8 Å². The van der Waals surface area contributed by atoms with Crippen LogP contribution in [-0.4, -0.2) is 22.6 Å². The standard InChI is InChI=1S/C3H2N2S2.Cu.H2O4S/c4-1-6-3-7-2-5;;1-5(2,3)4/h3H2;;(H2,1,2,3,4)/q;+2;/p-2. The van der Waals surface area contributed by atoms with Crippen molar-refractivity contribution >= 4 is 33.9 Å². The van der Waals surface area contributed by atoms with Crippen molar-refractivity contribution in [2.24, 2.45) is 0 Å². The van der Waals surface area contributed by atoms with Gasteiger partial charge in [-0.2, -0.15) is 10.5 Å². The fourth-order valence-corrected chi connectivity index (χ4v) is 0.740. The maximum absolute atomic E-state index is 8.52. The van der Waals surface area contributed by atoms with Crippen molar-refractivity contribution in [2.75, 3.05) is 5.08 Å². The molecule has 0 fully saturated rings. The summed E-state index contributed by atoms with van der Waals surface area (Å²) >= 11 is 2.16. The van der Waals surface area contributed by atoms with Crippen molar-refractivity contribution in [3.8, 4) is 10.8 Å². The third kappa shape index (κ3) is 73.9. The van der Waals surface area contributed by atoms with Crippen molar-refractivity contribution in [2.45, 2.75) is 0 Å².